The van der Waals surface area contributed by atoms with E-state index in [1.165, 1.54) is 14.0 Å². The minimum Gasteiger partial charge on any atom is -0.497 e. The van der Waals surface area contributed by atoms with Gasteiger partial charge in [-0.3, -0.25) is 4.79 Å². The molecule has 0 spiro atoms. The molecule has 1 unspecified atom stereocenters. The highest BCUT2D eigenvalue weighted by Gasteiger charge is 2.16. The zero-order valence-corrected chi connectivity index (χ0v) is 12.8. The number of rotatable bonds is 5. The molecule has 0 heterocycles. The average Bonchev–Trinajstić information content (AvgIpc) is 2.55. The molecule has 1 atom stereocenters. The van der Waals surface area contributed by atoms with E-state index in [-0.39, 0.29) is 12.1 Å². The van der Waals surface area contributed by atoms with Crippen molar-refractivity contribution in [1.29, 1.82) is 0 Å². The highest BCUT2D eigenvalue weighted by molar-refractivity contribution is 5.94. The molecule has 0 aliphatic carbocycles. The number of carbonyl (C=O) groups is 1. The number of carbonyl (C=O) groups excluding carboxylic acids is 1. The first kappa shape index (κ1) is 16.9. The second-order valence-electron chi connectivity index (χ2n) is 5.08. The topological polar surface area (TPSA) is 58.6 Å². The third-order valence-corrected chi connectivity index (χ3v) is 3.45. The number of halogens is 2. The van der Waals surface area contributed by atoms with Crippen LogP contribution in [0.2, 0.25) is 0 Å². The Hall–Kier alpha value is -2.47. The number of hydrogen-bond acceptors (Lipinski definition) is 3. The summed E-state index contributed by atoms with van der Waals surface area (Å²) >= 11 is 0. The van der Waals surface area contributed by atoms with Crippen LogP contribution in [0.3, 0.4) is 0 Å². The van der Waals surface area contributed by atoms with Gasteiger partial charge in [-0.2, -0.15) is 0 Å². The van der Waals surface area contributed by atoms with Crippen LogP contribution in [0.1, 0.15) is 27.6 Å². The molecule has 122 valence electrons. The summed E-state index contributed by atoms with van der Waals surface area (Å²) in [6, 6.07) is 8.47. The van der Waals surface area contributed by atoms with Gasteiger partial charge >= 0.3 is 0 Å². The summed E-state index contributed by atoms with van der Waals surface area (Å²) in [7, 11) is 1.53. The second-order valence-corrected chi connectivity index (χ2v) is 5.08. The molecule has 2 rings (SSSR count). The van der Waals surface area contributed by atoms with Crippen LogP contribution < -0.4 is 10.1 Å². The standard InChI is InChI=1S/C17H17F2NO3/c1-10-7-15(19)13(8-14(10)18)17(22)20-9-16(21)11-3-5-12(23-2)6-4-11/h3-8,16,21H,9H2,1-2H3,(H,20,22). The van der Waals surface area contributed by atoms with Crippen molar-refractivity contribution in [3.63, 3.8) is 0 Å². The van der Waals surface area contributed by atoms with E-state index in [1.54, 1.807) is 24.3 Å². The number of nitrogens with one attached hydrogen (secondary N) is 1. The Labute approximate surface area is 132 Å². The summed E-state index contributed by atoms with van der Waals surface area (Å²) < 4.78 is 32.2. The summed E-state index contributed by atoms with van der Waals surface area (Å²) in [5, 5.41) is 12.4. The second kappa shape index (κ2) is 7.19. The summed E-state index contributed by atoms with van der Waals surface area (Å²) in [5.41, 5.74) is 0.300. The molecule has 23 heavy (non-hydrogen) atoms. The average molecular weight is 321 g/mol. The number of ether oxygens (including phenoxy) is 1. The van der Waals surface area contributed by atoms with E-state index in [9.17, 15) is 18.7 Å². The van der Waals surface area contributed by atoms with Gasteiger partial charge in [-0.05, 0) is 42.3 Å². The van der Waals surface area contributed by atoms with Crippen molar-refractivity contribution >= 4 is 5.91 Å². The molecule has 2 N–H and O–H groups in total. The van der Waals surface area contributed by atoms with E-state index >= 15 is 0 Å². The molecule has 6 heteroatoms. The first-order valence-electron chi connectivity index (χ1n) is 6.98. The minimum atomic E-state index is -0.969. The number of aryl methyl sites for hydroxylation is 1. The van der Waals surface area contributed by atoms with Crippen molar-refractivity contribution in [2.45, 2.75) is 13.0 Å². The third kappa shape index (κ3) is 4.04. The van der Waals surface area contributed by atoms with Crippen molar-refractivity contribution in [2.75, 3.05) is 13.7 Å². The largest absolute Gasteiger partial charge is 0.497 e. The predicted octanol–water partition coefficient (Wildman–Crippen LogP) is 2.75. The quantitative estimate of drug-likeness (QED) is 0.890. The molecular formula is C17H17F2NO3. The number of methoxy groups -OCH3 is 1. The van der Waals surface area contributed by atoms with Crippen molar-refractivity contribution in [3.8, 4) is 5.75 Å². The molecule has 0 saturated heterocycles. The van der Waals surface area contributed by atoms with E-state index in [1.807, 2.05) is 0 Å². The maximum atomic E-state index is 13.7. The lowest BCUT2D eigenvalue weighted by molar-refractivity contribution is 0.0911. The van der Waals surface area contributed by atoms with Crippen molar-refractivity contribution in [3.05, 3.63) is 64.7 Å². The Balaban J connectivity index is 2.02. The van der Waals surface area contributed by atoms with E-state index < -0.39 is 29.2 Å². The Bertz CT molecular complexity index is 702. The monoisotopic (exact) mass is 321 g/mol. The van der Waals surface area contributed by atoms with Gasteiger partial charge in [0, 0.05) is 6.54 Å². The van der Waals surface area contributed by atoms with Gasteiger partial charge in [-0.15, -0.1) is 0 Å². The van der Waals surface area contributed by atoms with Gasteiger partial charge < -0.3 is 15.2 Å². The molecule has 0 saturated carbocycles. The molecule has 2 aromatic rings. The van der Waals surface area contributed by atoms with Crippen LogP contribution in [0.25, 0.3) is 0 Å². The fourth-order valence-electron chi connectivity index (χ4n) is 2.05. The number of amides is 1. The Kier molecular flexibility index (Phi) is 5.28. The first-order chi connectivity index (χ1) is 10.9. The summed E-state index contributed by atoms with van der Waals surface area (Å²) in [5.74, 6) is -1.61. The van der Waals surface area contributed by atoms with Crippen molar-refractivity contribution in [1.82, 2.24) is 5.32 Å². The molecule has 1 amide bonds. The lowest BCUT2D eigenvalue weighted by atomic mass is 10.1. The van der Waals surface area contributed by atoms with Gasteiger partial charge in [-0.25, -0.2) is 8.78 Å². The predicted molar refractivity (Wildman–Crippen MR) is 81.4 cm³/mol. The van der Waals surface area contributed by atoms with Gasteiger partial charge in [0.15, 0.2) is 0 Å². The maximum absolute atomic E-state index is 13.7. The Morgan fingerprint density at radius 3 is 2.48 bits per heavy atom. The first-order valence-corrected chi connectivity index (χ1v) is 6.98. The van der Waals surface area contributed by atoms with E-state index in [0.29, 0.717) is 11.3 Å². The SMILES string of the molecule is COc1ccc(C(O)CNC(=O)c2cc(F)c(C)cc2F)cc1. The Morgan fingerprint density at radius 2 is 1.87 bits per heavy atom. The molecule has 0 aliphatic rings. The fourth-order valence-corrected chi connectivity index (χ4v) is 2.05. The zero-order chi connectivity index (χ0) is 17.0. The molecule has 4 nitrogen and oxygen atoms in total. The van der Waals surface area contributed by atoms with Crippen LogP contribution >= 0.6 is 0 Å². The third-order valence-electron chi connectivity index (χ3n) is 3.45. The molecule has 0 fully saturated rings. The van der Waals surface area contributed by atoms with Gasteiger partial charge in [0.1, 0.15) is 17.4 Å². The number of aliphatic hydroxyl groups excluding tert-OH is 1. The van der Waals surface area contributed by atoms with Crippen LogP contribution in [0, 0.1) is 18.6 Å². The van der Waals surface area contributed by atoms with E-state index in [4.69, 9.17) is 4.74 Å². The van der Waals surface area contributed by atoms with E-state index in [2.05, 4.69) is 5.32 Å². The molecular weight excluding hydrogens is 304 g/mol. The number of hydrogen-bond donors (Lipinski definition) is 2. The maximum Gasteiger partial charge on any atom is 0.254 e. The highest BCUT2D eigenvalue weighted by atomic mass is 19.1. The van der Waals surface area contributed by atoms with Gasteiger partial charge in [0.2, 0.25) is 0 Å². The number of benzene rings is 2. The lowest BCUT2D eigenvalue weighted by Crippen LogP contribution is -2.29. The molecule has 2 aromatic carbocycles. The highest BCUT2D eigenvalue weighted by Crippen LogP contribution is 2.18. The van der Waals surface area contributed by atoms with Crippen LogP contribution in [0.4, 0.5) is 8.78 Å². The summed E-state index contributed by atoms with van der Waals surface area (Å²) in [6.45, 7) is 1.29. The van der Waals surface area contributed by atoms with Gasteiger partial charge in [-0.1, -0.05) is 12.1 Å². The fraction of sp³-hybridized carbons (Fsp3) is 0.235. The lowest BCUT2D eigenvalue weighted by Gasteiger charge is -2.13. The van der Waals surface area contributed by atoms with Crippen molar-refractivity contribution < 1.29 is 23.4 Å². The Morgan fingerprint density at radius 1 is 1.22 bits per heavy atom. The molecule has 0 bridgehead atoms. The van der Waals surface area contributed by atoms with Crippen LogP contribution in [-0.2, 0) is 0 Å². The summed E-state index contributed by atoms with van der Waals surface area (Å²) in [6.07, 6.45) is -0.969. The van der Waals surface area contributed by atoms with E-state index in [0.717, 1.165) is 12.1 Å². The van der Waals surface area contributed by atoms with Gasteiger partial charge in [0.25, 0.3) is 5.91 Å². The molecule has 0 aromatic heterocycles. The number of aliphatic hydroxyl groups is 1. The van der Waals surface area contributed by atoms with Crippen LogP contribution in [-0.4, -0.2) is 24.7 Å². The minimum absolute atomic E-state index is 0.123. The summed E-state index contributed by atoms with van der Waals surface area (Å²) in [4.78, 5) is 11.9. The zero-order valence-electron chi connectivity index (χ0n) is 12.8. The molecule has 0 aliphatic heterocycles. The van der Waals surface area contributed by atoms with Crippen molar-refractivity contribution in [2.24, 2.45) is 0 Å². The molecule has 0 radical (unpaired) electrons. The smallest absolute Gasteiger partial charge is 0.254 e. The van der Waals surface area contributed by atoms with Crippen LogP contribution in [0.5, 0.6) is 5.75 Å². The normalized spacial score (nSPS) is 11.9. The van der Waals surface area contributed by atoms with Crippen LogP contribution in [0.15, 0.2) is 36.4 Å². The van der Waals surface area contributed by atoms with Gasteiger partial charge in [0.05, 0.1) is 18.8 Å².